The lowest BCUT2D eigenvalue weighted by atomic mass is 9.85. The van der Waals surface area contributed by atoms with Crippen molar-refractivity contribution in [1.29, 1.82) is 0 Å². The zero-order chi connectivity index (χ0) is 15.6. The Morgan fingerprint density at radius 1 is 1.23 bits per heavy atom. The number of carbonyl (C=O) groups is 1. The summed E-state index contributed by atoms with van der Waals surface area (Å²) in [4.78, 5) is 12.4. The van der Waals surface area contributed by atoms with E-state index in [9.17, 15) is 4.79 Å². The van der Waals surface area contributed by atoms with Crippen molar-refractivity contribution in [1.82, 2.24) is 0 Å². The fraction of sp³-hybridized carbons (Fsp3) is 0.211. The molecule has 1 aliphatic rings. The van der Waals surface area contributed by atoms with Crippen molar-refractivity contribution in [2.45, 2.75) is 16.8 Å². The van der Waals surface area contributed by atoms with Crippen molar-refractivity contribution in [3.05, 3.63) is 71.8 Å². The van der Waals surface area contributed by atoms with E-state index in [4.69, 9.17) is 4.74 Å². The molecule has 0 aromatic heterocycles. The van der Waals surface area contributed by atoms with Crippen molar-refractivity contribution in [3.63, 3.8) is 0 Å². The average Bonchev–Trinajstić information content (AvgIpc) is 2.54. The van der Waals surface area contributed by atoms with Crippen LogP contribution in [0.15, 0.2) is 60.7 Å². The number of carbonyl (C=O) groups excluding carboxylic acids is 1. The van der Waals surface area contributed by atoms with Crippen LogP contribution in [0.25, 0.3) is 10.8 Å². The first-order chi connectivity index (χ1) is 10.7. The molecule has 3 heteroatoms. The standard InChI is InChI=1S/C19H17IO2/c1-2-22-18(21)16-11-10-14-8-4-5-9-15(14)17(16)19(20)12-6-3-7-13-19/h3-12H,2,13H2,1H3. The van der Waals surface area contributed by atoms with Crippen LogP contribution < -0.4 is 0 Å². The van der Waals surface area contributed by atoms with Crippen LogP contribution in [-0.4, -0.2) is 12.6 Å². The van der Waals surface area contributed by atoms with Crippen molar-refractivity contribution in [3.8, 4) is 0 Å². The highest BCUT2D eigenvalue weighted by atomic mass is 127. The van der Waals surface area contributed by atoms with Crippen molar-refractivity contribution >= 4 is 39.3 Å². The number of benzene rings is 2. The van der Waals surface area contributed by atoms with E-state index in [1.54, 1.807) is 0 Å². The zero-order valence-electron chi connectivity index (χ0n) is 12.4. The molecule has 3 rings (SSSR count). The summed E-state index contributed by atoms with van der Waals surface area (Å²) in [5.41, 5.74) is 1.71. The summed E-state index contributed by atoms with van der Waals surface area (Å²) in [6.45, 7) is 2.22. The lowest BCUT2D eigenvalue weighted by molar-refractivity contribution is 0.0525. The van der Waals surface area contributed by atoms with Crippen LogP contribution >= 0.6 is 22.6 Å². The lowest BCUT2D eigenvalue weighted by Gasteiger charge is -2.28. The molecule has 22 heavy (non-hydrogen) atoms. The summed E-state index contributed by atoms with van der Waals surface area (Å²) < 4.78 is 5.04. The molecule has 1 aliphatic carbocycles. The molecule has 1 atom stereocenters. The number of hydrogen-bond donors (Lipinski definition) is 0. The molecule has 2 aromatic rings. The van der Waals surface area contributed by atoms with Crippen LogP contribution in [0.4, 0.5) is 0 Å². The Hall–Kier alpha value is -1.62. The first-order valence-corrected chi connectivity index (χ1v) is 8.46. The highest BCUT2D eigenvalue weighted by molar-refractivity contribution is 14.1. The van der Waals surface area contributed by atoms with Gasteiger partial charge in [-0.25, -0.2) is 4.79 Å². The van der Waals surface area contributed by atoms with Gasteiger partial charge in [-0.1, -0.05) is 77.2 Å². The molecule has 0 spiro atoms. The smallest absolute Gasteiger partial charge is 0.338 e. The highest BCUT2D eigenvalue weighted by Crippen LogP contribution is 2.44. The third-order valence-corrected chi connectivity index (χ3v) is 5.20. The third kappa shape index (κ3) is 2.70. The molecule has 112 valence electrons. The molecule has 0 fully saturated rings. The maximum atomic E-state index is 12.4. The predicted molar refractivity (Wildman–Crippen MR) is 98.5 cm³/mol. The molecule has 0 amide bonds. The van der Waals surface area contributed by atoms with Crippen LogP contribution in [0.5, 0.6) is 0 Å². The van der Waals surface area contributed by atoms with Gasteiger partial charge in [0.2, 0.25) is 0 Å². The molecule has 0 bridgehead atoms. The Morgan fingerprint density at radius 2 is 2.05 bits per heavy atom. The van der Waals surface area contributed by atoms with Gasteiger partial charge < -0.3 is 4.74 Å². The average molecular weight is 404 g/mol. The van der Waals surface area contributed by atoms with Crippen molar-refractivity contribution in [2.75, 3.05) is 6.61 Å². The number of alkyl halides is 1. The van der Waals surface area contributed by atoms with Crippen LogP contribution in [0.1, 0.15) is 29.3 Å². The zero-order valence-corrected chi connectivity index (χ0v) is 14.5. The number of fused-ring (bicyclic) bond motifs is 1. The minimum Gasteiger partial charge on any atom is -0.462 e. The number of allylic oxidation sites excluding steroid dienone is 4. The second kappa shape index (κ2) is 6.24. The van der Waals surface area contributed by atoms with E-state index in [1.165, 1.54) is 0 Å². The van der Waals surface area contributed by atoms with Gasteiger partial charge in [-0.3, -0.25) is 0 Å². The molecule has 2 aromatic carbocycles. The number of esters is 1. The van der Waals surface area contributed by atoms with Gasteiger partial charge in [0.1, 0.15) is 0 Å². The van der Waals surface area contributed by atoms with Crippen LogP contribution in [0.2, 0.25) is 0 Å². The van der Waals surface area contributed by atoms with E-state index in [0.717, 1.165) is 22.8 Å². The Labute approximate surface area is 144 Å². The fourth-order valence-electron chi connectivity index (χ4n) is 2.88. The van der Waals surface area contributed by atoms with E-state index in [0.29, 0.717) is 12.2 Å². The normalized spacial score (nSPS) is 20.3. The monoisotopic (exact) mass is 404 g/mol. The van der Waals surface area contributed by atoms with E-state index in [2.05, 4.69) is 46.9 Å². The number of ether oxygens (including phenoxy) is 1. The Morgan fingerprint density at radius 3 is 2.77 bits per heavy atom. The number of rotatable bonds is 3. The minimum absolute atomic E-state index is 0.227. The van der Waals surface area contributed by atoms with Crippen LogP contribution in [0, 0.1) is 0 Å². The maximum Gasteiger partial charge on any atom is 0.338 e. The number of halogens is 1. The highest BCUT2D eigenvalue weighted by Gasteiger charge is 2.32. The summed E-state index contributed by atoms with van der Waals surface area (Å²) in [7, 11) is 0. The molecule has 2 nitrogen and oxygen atoms in total. The van der Waals surface area contributed by atoms with Gasteiger partial charge in [-0.2, -0.15) is 0 Å². The second-order valence-corrected chi connectivity index (χ2v) is 7.21. The van der Waals surface area contributed by atoms with Gasteiger partial charge in [0.25, 0.3) is 0 Å². The quantitative estimate of drug-likeness (QED) is 0.401. The van der Waals surface area contributed by atoms with Crippen molar-refractivity contribution < 1.29 is 9.53 Å². The fourth-order valence-corrected chi connectivity index (χ4v) is 3.92. The Bertz CT molecular complexity index is 776. The molecule has 0 saturated heterocycles. The molecular weight excluding hydrogens is 387 g/mol. The summed E-state index contributed by atoms with van der Waals surface area (Å²) in [6, 6.07) is 12.1. The molecule has 0 N–H and O–H groups in total. The van der Waals surface area contributed by atoms with Gasteiger partial charge in [-0.15, -0.1) is 0 Å². The molecule has 0 heterocycles. The topological polar surface area (TPSA) is 26.3 Å². The van der Waals surface area contributed by atoms with Crippen LogP contribution in [-0.2, 0) is 8.16 Å². The van der Waals surface area contributed by atoms with E-state index in [1.807, 2.05) is 43.3 Å². The van der Waals surface area contributed by atoms with E-state index < -0.39 is 0 Å². The maximum absolute atomic E-state index is 12.4. The molecule has 0 radical (unpaired) electrons. The minimum atomic E-state index is -0.248. The molecule has 0 saturated carbocycles. The summed E-state index contributed by atoms with van der Waals surface area (Å²) in [5.74, 6) is -0.248. The van der Waals surface area contributed by atoms with Gasteiger partial charge >= 0.3 is 5.97 Å². The Balaban J connectivity index is 2.28. The Kier molecular flexibility index (Phi) is 4.34. The SMILES string of the molecule is CCOC(=O)c1ccc2ccccc2c1C1(I)C=CC=CC1. The third-order valence-electron chi connectivity index (χ3n) is 3.86. The molecular formula is C19H17IO2. The summed E-state index contributed by atoms with van der Waals surface area (Å²) in [5, 5.41) is 2.26. The second-order valence-electron chi connectivity index (χ2n) is 5.28. The molecule has 1 unspecified atom stereocenters. The summed E-state index contributed by atoms with van der Waals surface area (Å²) >= 11 is 2.45. The van der Waals surface area contributed by atoms with Gasteiger partial charge in [0, 0.05) is 0 Å². The largest absolute Gasteiger partial charge is 0.462 e. The van der Waals surface area contributed by atoms with E-state index >= 15 is 0 Å². The summed E-state index contributed by atoms with van der Waals surface area (Å²) in [6.07, 6.45) is 9.27. The van der Waals surface area contributed by atoms with Gasteiger partial charge in [-0.05, 0) is 35.7 Å². The first kappa shape index (κ1) is 15.3. The van der Waals surface area contributed by atoms with E-state index in [-0.39, 0.29) is 9.39 Å². The molecule has 0 aliphatic heterocycles. The predicted octanol–water partition coefficient (Wildman–Crippen LogP) is 5.16. The van der Waals surface area contributed by atoms with Gasteiger partial charge in [0.05, 0.1) is 15.6 Å². The lowest BCUT2D eigenvalue weighted by Crippen LogP contribution is -2.21. The van der Waals surface area contributed by atoms with Crippen LogP contribution in [0.3, 0.4) is 0 Å². The first-order valence-electron chi connectivity index (χ1n) is 7.38. The van der Waals surface area contributed by atoms with Gasteiger partial charge in [0.15, 0.2) is 0 Å². The number of hydrogen-bond acceptors (Lipinski definition) is 2. The van der Waals surface area contributed by atoms with Crippen molar-refractivity contribution in [2.24, 2.45) is 0 Å².